The van der Waals surface area contributed by atoms with Crippen LogP contribution in [0.25, 0.3) is 0 Å². The molecule has 5 nitrogen and oxygen atoms in total. The number of rotatable bonds is 5. The first-order valence-electron chi connectivity index (χ1n) is 7.41. The number of carbonyl (C=O) groups excluding carboxylic acids is 3. The Bertz CT molecular complexity index is 632. The van der Waals surface area contributed by atoms with Crippen LogP contribution in [-0.4, -0.2) is 41.1 Å². The monoisotopic (exact) mass is 332 g/mol. The van der Waals surface area contributed by atoms with Crippen LogP contribution in [0.3, 0.4) is 0 Å². The molecule has 1 amide bonds. The lowest BCUT2D eigenvalue weighted by molar-refractivity contribution is -0.124. The molecule has 0 aromatic rings. The molecule has 1 N–H and O–H groups in total. The molecule has 0 fully saturated rings. The van der Waals surface area contributed by atoms with E-state index in [1.165, 1.54) is 6.92 Å². The quantitative estimate of drug-likeness (QED) is 0.831. The molecule has 0 aromatic carbocycles. The zero-order valence-corrected chi connectivity index (χ0v) is 14.1. The maximum absolute atomic E-state index is 12.5. The van der Waals surface area contributed by atoms with E-state index >= 15 is 0 Å². The highest BCUT2D eigenvalue weighted by Gasteiger charge is 2.22. The number of carbonyl (C=O) groups is 3. The number of hydrogen-bond donors (Lipinski definition) is 1. The third kappa shape index (κ3) is 4.69. The van der Waals surface area contributed by atoms with Gasteiger partial charge in [-0.2, -0.15) is 0 Å². The zero-order chi connectivity index (χ0) is 16.8. The van der Waals surface area contributed by atoms with Crippen LogP contribution in [0.2, 0.25) is 0 Å². The van der Waals surface area contributed by atoms with Crippen molar-refractivity contribution >= 4 is 28.6 Å². The minimum atomic E-state index is -0.248. The number of dihydropyridines is 1. The van der Waals surface area contributed by atoms with Crippen LogP contribution < -0.4 is 5.32 Å². The van der Waals surface area contributed by atoms with E-state index in [1.54, 1.807) is 30.2 Å². The van der Waals surface area contributed by atoms with E-state index in [0.29, 0.717) is 18.5 Å². The highest BCUT2D eigenvalue weighted by Crippen LogP contribution is 2.21. The first-order valence-corrected chi connectivity index (χ1v) is 8.40. The predicted molar refractivity (Wildman–Crippen MR) is 91.5 cm³/mol. The number of Topliss-reactive ketones (excluding diaryl/α,β-unsaturated/α-hetero) is 1. The van der Waals surface area contributed by atoms with Crippen molar-refractivity contribution < 1.29 is 14.4 Å². The van der Waals surface area contributed by atoms with E-state index in [0.717, 1.165) is 17.5 Å². The molecule has 0 bridgehead atoms. The molecule has 6 heteroatoms. The molecule has 1 aliphatic heterocycles. The van der Waals surface area contributed by atoms with Crippen LogP contribution >= 0.6 is 11.8 Å². The van der Waals surface area contributed by atoms with Gasteiger partial charge in [0.2, 0.25) is 0 Å². The number of ketones is 1. The predicted octanol–water partition coefficient (Wildman–Crippen LogP) is 1.80. The van der Waals surface area contributed by atoms with Crippen LogP contribution in [0.1, 0.15) is 13.3 Å². The van der Waals surface area contributed by atoms with Gasteiger partial charge < -0.3 is 10.2 Å². The minimum Gasteiger partial charge on any atom is -0.387 e. The number of nitrogens with one attached hydrogen (secondary N) is 1. The second-order valence-electron chi connectivity index (χ2n) is 5.34. The van der Waals surface area contributed by atoms with E-state index in [9.17, 15) is 14.4 Å². The lowest BCUT2D eigenvalue weighted by atomic mass is 9.93. The van der Waals surface area contributed by atoms with Crippen LogP contribution in [0, 0.1) is 5.92 Å². The molecule has 0 radical (unpaired) electrons. The van der Waals surface area contributed by atoms with Crippen LogP contribution in [-0.2, 0) is 14.4 Å². The van der Waals surface area contributed by atoms with Gasteiger partial charge in [0, 0.05) is 37.7 Å². The Kier molecular flexibility index (Phi) is 5.98. The Balaban J connectivity index is 1.93. The third-order valence-electron chi connectivity index (χ3n) is 3.67. The summed E-state index contributed by atoms with van der Waals surface area (Å²) < 4.78 is 0. The molecule has 0 spiro atoms. The molecular weight excluding hydrogens is 312 g/mol. The highest BCUT2D eigenvalue weighted by atomic mass is 32.2. The average Bonchev–Trinajstić information content (AvgIpc) is 2.59. The lowest BCUT2D eigenvalue weighted by Gasteiger charge is -2.22. The fourth-order valence-electron chi connectivity index (χ4n) is 2.30. The largest absolute Gasteiger partial charge is 0.387 e. The molecule has 1 unspecified atom stereocenters. The Labute approximate surface area is 140 Å². The molecule has 122 valence electrons. The summed E-state index contributed by atoms with van der Waals surface area (Å²) in [6.07, 6.45) is 11.4. The Morgan fingerprint density at radius 2 is 2.09 bits per heavy atom. The van der Waals surface area contributed by atoms with Gasteiger partial charge >= 0.3 is 0 Å². The van der Waals surface area contributed by atoms with Crippen molar-refractivity contribution in [3.63, 3.8) is 0 Å². The number of thioether (sulfide) groups is 1. The summed E-state index contributed by atoms with van der Waals surface area (Å²) in [7, 11) is 1.74. The van der Waals surface area contributed by atoms with Crippen molar-refractivity contribution in [3.05, 3.63) is 47.9 Å². The topological polar surface area (TPSA) is 66.5 Å². The zero-order valence-electron chi connectivity index (χ0n) is 13.2. The molecular formula is C17H20N2O3S. The van der Waals surface area contributed by atoms with Gasteiger partial charge in [-0.15, -0.1) is 0 Å². The van der Waals surface area contributed by atoms with Gasteiger partial charge in [-0.05, 0) is 24.8 Å². The van der Waals surface area contributed by atoms with Crippen molar-refractivity contribution in [1.82, 2.24) is 10.2 Å². The summed E-state index contributed by atoms with van der Waals surface area (Å²) in [5.74, 6) is -0.141. The Morgan fingerprint density at radius 1 is 1.30 bits per heavy atom. The third-order valence-corrected chi connectivity index (χ3v) is 4.51. The maximum Gasteiger partial charge on any atom is 0.257 e. The Hall–Kier alpha value is -2.08. The number of nitrogens with zero attached hydrogens (tertiary/aromatic N) is 1. The number of likely N-dealkylation sites (N-methyl/N-ethyl adjacent to an activating group) is 1. The Morgan fingerprint density at radius 3 is 2.65 bits per heavy atom. The molecule has 0 saturated carbocycles. The summed E-state index contributed by atoms with van der Waals surface area (Å²) in [6.45, 7) is 2.15. The van der Waals surface area contributed by atoms with Gasteiger partial charge in [0.05, 0.1) is 5.75 Å². The van der Waals surface area contributed by atoms with Gasteiger partial charge in [-0.25, -0.2) is 0 Å². The number of hydrogen-bond acceptors (Lipinski definition) is 5. The summed E-state index contributed by atoms with van der Waals surface area (Å²) in [6, 6.07) is 0. The summed E-state index contributed by atoms with van der Waals surface area (Å²) in [5.41, 5.74) is 1.43. The number of allylic oxidation sites excluding steroid dienone is 3. The van der Waals surface area contributed by atoms with Crippen molar-refractivity contribution in [3.8, 4) is 0 Å². The molecule has 0 saturated heterocycles. The second-order valence-corrected chi connectivity index (χ2v) is 6.49. The highest BCUT2D eigenvalue weighted by molar-refractivity contribution is 8.14. The summed E-state index contributed by atoms with van der Waals surface area (Å²) >= 11 is 1.02. The van der Waals surface area contributed by atoms with Crippen LogP contribution in [0.15, 0.2) is 47.9 Å². The van der Waals surface area contributed by atoms with E-state index in [2.05, 4.69) is 5.32 Å². The minimum absolute atomic E-state index is 0.0153. The molecule has 2 rings (SSSR count). The molecule has 2 aliphatic rings. The van der Waals surface area contributed by atoms with Gasteiger partial charge in [0.1, 0.15) is 5.78 Å². The fraction of sp³-hybridized carbons (Fsp3) is 0.353. The number of amides is 1. The van der Waals surface area contributed by atoms with Crippen molar-refractivity contribution in [2.75, 3.05) is 19.3 Å². The molecule has 23 heavy (non-hydrogen) atoms. The molecule has 1 heterocycles. The standard InChI is InChI=1S/C17H20N2O3S/c1-12(20)23-11-16(21)13-3-5-14(6-4-13)17(22)19(2)15-7-9-18-10-8-15/h3,5-9,13,18H,4,10-11H2,1-2H3. The van der Waals surface area contributed by atoms with Gasteiger partial charge in [-0.3, -0.25) is 14.4 Å². The van der Waals surface area contributed by atoms with Crippen molar-refractivity contribution in [2.24, 2.45) is 5.92 Å². The normalized spacial score (nSPS) is 19.5. The van der Waals surface area contributed by atoms with Crippen molar-refractivity contribution in [2.45, 2.75) is 13.3 Å². The van der Waals surface area contributed by atoms with Gasteiger partial charge in [0.15, 0.2) is 5.12 Å². The van der Waals surface area contributed by atoms with E-state index in [-0.39, 0.29) is 28.5 Å². The van der Waals surface area contributed by atoms with Gasteiger partial charge in [0.25, 0.3) is 5.91 Å². The SMILES string of the molecule is CC(=O)SCC(=O)C1C=CC(C(=O)N(C)C2=CCNC=C2)=CC1. The second kappa shape index (κ2) is 7.97. The fourth-order valence-corrected chi connectivity index (χ4v) is 2.86. The lowest BCUT2D eigenvalue weighted by Crippen LogP contribution is -2.29. The molecule has 1 atom stereocenters. The average molecular weight is 332 g/mol. The first kappa shape index (κ1) is 17.3. The van der Waals surface area contributed by atoms with Gasteiger partial charge in [-0.1, -0.05) is 30.0 Å². The smallest absolute Gasteiger partial charge is 0.257 e. The van der Waals surface area contributed by atoms with E-state index in [4.69, 9.17) is 0 Å². The van der Waals surface area contributed by atoms with Crippen LogP contribution in [0.4, 0.5) is 0 Å². The maximum atomic E-state index is 12.5. The van der Waals surface area contributed by atoms with Crippen LogP contribution in [0.5, 0.6) is 0 Å². The van der Waals surface area contributed by atoms with E-state index < -0.39 is 0 Å². The molecule has 1 aliphatic carbocycles. The summed E-state index contributed by atoms with van der Waals surface area (Å²) in [4.78, 5) is 37.0. The van der Waals surface area contributed by atoms with Crippen molar-refractivity contribution in [1.29, 1.82) is 0 Å². The van der Waals surface area contributed by atoms with E-state index in [1.807, 2.05) is 18.4 Å². The molecule has 0 aromatic heterocycles. The first-order chi connectivity index (χ1) is 11.0. The summed E-state index contributed by atoms with van der Waals surface area (Å²) in [5, 5.41) is 2.98.